The van der Waals surface area contributed by atoms with Crippen LogP contribution in [-0.4, -0.2) is 67.0 Å². The molecule has 31 heavy (non-hydrogen) atoms. The first-order valence-electron chi connectivity index (χ1n) is 10.9. The van der Waals surface area contributed by atoms with E-state index in [-0.39, 0.29) is 29.7 Å². The highest BCUT2D eigenvalue weighted by Gasteiger charge is 2.34. The third-order valence-corrected chi connectivity index (χ3v) is 5.88. The molecule has 7 heteroatoms. The molecule has 2 aliphatic rings. The Morgan fingerprint density at radius 1 is 1.29 bits per heavy atom. The summed E-state index contributed by atoms with van der Waals surface area (Å²) in [4.78, 5) is 29.2. The van der Waals surface area contributed by atoms with Gasteiger partial charge in [-0.25, -0.2) is 4.39 Å². The first-order chi connectivity index (χ1) is 14.8. The number of halogens is 1. The maximum Gasteiger partial charge on any atom is 0.289 e. The number of hydrogen-bond acceptors (Lipinski definition) is 5. The number of nitrogens with zero attached hydrogens (tertiary/aromatic N) is 2. The van der Waals surface area contributed by atoms with Gasteiger partial charge in [0.1, 0.15) is 11.4 Å². The first kappa shape index (κ1) is 23.4. The van der Waals surface area contributed by atoms with E-state index in [4.69, 9.17) is 9.47 Å². The lowest BCUT2D eigenvalue weighted by atomic mass is 9.95. The Morgan fingerprint density at radius 3 is 2.65 bits per heavy atom. The molecule has 6 nitrogen and oxygen atoms in total. The van der Waals surface area contributed by atoms with Crippen molar-refractivity contribution in [2.75, 3.05) is 39.9 Å². The lowest BCUT2D eigenvalue weighted by Gasteiger charge is -2.36. The molecule has 2 heterocycles. The van der Waals surface area contributed by atoms with Crippen LogP contribution < -0.4 is 0 Å². The molecule has 0 spiro atoms. The molecule has 1 fully saturated rings. The van der Waals surface area contributed by atoms with Crippen LogP contribution in [0, 0.1) is 11.7 Å². The van der Waals surface area contributed by atoms with E-state index >= 15 is 0 Å². The van der Waals surface area contributed by atoms with Crippen LogP contribution in [0.1, 0.15) is 38.7 Å². The minimum Gasteiger partial charge on any atom is -0.481 e. The number of likely N-dealkylation sites (tertiary alicyclic amines) is 1. The molecule has 1 saturated heterocycles. The van der Waals surface area contributed by atoms with Crippen molar-refractivity contribution >= 4 is 11.7 Å². The van der Waals surface area contributed by atoms with Crippen LogP contribution in [0.2, 0.25) is 0 Å². The summed E-state index contributed by atoms with van der Waals surface area (Å²) in [7, 11) is 1.60. The van der Waals surface area contributed by atoms with Crippen molar-refractivity contribution in [3.8, 4) is 0 Å². The Kier molecular flexibility index (Phi) is 7.84. The van der Waals surface area contributed by atoms with Gasteiger partial charge in [0, 0.05) is 44.8 Å². The molecule has 2 aliphatic heterocycles. The fourth-order valence-corrected chi connectivity index (χ4v) is 4.22. The number of carbonyl (C=O) groups excluding carboxylic acids is 2. The fraction of sp³-hybridized carbons (Fsp3) is 0.583. The molecular weight excluding hydrogens is 399 g/mol. The van der Waals surface area contributed by atoms with Crippen molar-refractivity contribution in [2.24, 2.45) is 5.92 Å². The quantitative estimate of drug-likeness (QED) is 0.632. The van der Waals surface area contributed by atoms with E-state index in [0.29, 0.717) is 37.7 Å². The Morgan fingerprint density at radius 2 is 2.00 bits per heavy atom. The maximum atomic E-state index is 13.9. The normalized spacial score (nSPS) is 19.6. The maximum absolute atomic E-state index is 13.9. The fourth-order valence-electron chi connectivity index (χ4n) is 4.22. The zero-order valence-electron chi connectivity index (χ0n) is 18.7. The predicted octanol–water partition coefficient (Wildman–Crippen LogP) is 3.16. The summed E-state index contributed by atoms with van der Waals surface area (Å²) in [6, 6.07) is 6.89. The van der Waals surface area contributed by atoms with Crippen LogP contribution in [0.3, 0.4) is 0 Å². The second-order valence-electron chi connectivity index (χ2n) is 9.07. The highest BCUT2D eigenvalue weighted by molar-refractivity contribution is 6.01. The third kappa shape index (κ3) is 6.61. The largest absolute Gasteiger partial charge is 0.481 e. The van der Waals surface area contributed by atoms with Crippen molar-refractivity contribution in [1.82, 2.24) is 9.80 Å². The first-order valence-corrected chi connectivity index (χ1v) is 10.9. The summed E-state index contributed by atoms with van der Waals surface area (Å²) in [6.45, 7) is 7.40. The summed E-state index contributed by atoms with van der Waals surface area (Å²) >= 11 is 0. The number of allylic oxidation sites excluding steroid dienone is 1. The molecule has 1 amide bonds. The molecule has 170 valence electrons. The molecule has 0 saturated carbocycles. The molecule has 0 aromatic heterocycles. The molecule has 3 rings (SSSR count). The van der Waals surface area contributed by atoms with Gasteiger partial charge in [0.25, 0.3) is 5.91 Å². The van der Waals surface area contributed by atoms with Crippen LogP contribution in [0.4, 0.5) is 4.39 Å². The van der Waals surface area contributed by atoms with Crippen LogP contribution in [-0.2, 0) is 25.6 Å². The van der Waals surface area contributed by atoms with Gasteiger partial charge in [-0.2, -0.15) is 0 Å². The molecule has 0 N–H and O–H groups in total. The van der Waals surface area contributed by atoms with Crippen molar-refractivity contribution in [2.45, 2.75) is 45.3 Å². The number of methoxy groups -OCH3 is 1. The van der Waals surface area contributed by atoms with Gasteiger partial charge in [-0.1, -0.05) is 18.2 Å². The van der Waals surface area contributed by atoms with E-state index < -0.39 is 5.60 Å². The predicted molar refractivity (Wildman–Crippen MR) is 116 cm³/mol. The topological polar surface area (TPSA) is 59.1 Å². The molecule has 0 bridgehead atoms. The minimum absolute atomic E-state index is 0.0901. The average molecular weight is 433 g/mol. The Balaban J connectivity index is 1.58. The number of hydrogen-bond donors (Lipinski definition) is 0. The number of amides is 1. The summed E-state index contributed by atoms with van der Waals surface area (Å²) < 4.78 is 24.9. The summed E-state index contributed by atoms with van der Waals surface area (Å²) in [5.41, 5.74) is 0.0356. The Hall–Kier alpha value is -2.25. The van der Waals surface area contributed by atoms with Gasteiger partial charge in [-0.05, 0) is 51.8 Å². The highest BCUT2D eigenvalue weighted by Crippen LogP contribution is 2.27. The van der Waals surface area contributed by atoms with Crippen LogP contribution in [0.25, 0.3) is 0 Å². The van der Waals surface area contributed by atoms with Crippen LogP contribution in [0.5, 0.6) is 0 Å². The number of benzene rings is 1. The van der Waals surface area contributed by atoms with Crippen molar-refractivity contribution in [1.29, 1.82) is 0 Å². The van der Waals surface area contributed by atoms with Gasteiger partial charge >= 0.3 is 0 Å². The van der Waals surface area contributed by atoms with Gasteiger partial charge in [-0.3, -0.25) is 14.5 Å². The van der Waals surface area contributed by atoms with Crippen molar-refractivity contribution < 1.29 is 23.5 Å². The summed E-state index contributed by atoms with van der Waals surface area (Å²) in [5.74, 6) is -0.0567. The molecule has 1 aromatic rings. The van der Waals surface area contributed by atoms with E-state index in [0.717, 1.165) is 25.9 Å². The third-order valence-electron chi connectivity index (χ3n) is 5.88. The van der Waals surface area contributed by atoms with Crippen LogP contribution >= 0.6 is 0 Å². The SMILES string of the molecule is COCCN(CC1CCN(Cc2ccccc2F)CC1)C(=O)C1=CC(=O)CC(C)(C)O1. The smallest absolute Gasteiger partial charge is 0.289 e. The van der Waals surface area contributed by atoms with E-state index in [9.17, 15) is 14.0 Å². The van der Waals surface area contributed by atoms with Crippen molar-refractivity contribution in [3.63, 3.8) is 0 Å². The zero-order chi connectivity index (χ0) is 22.4. The van der Waals surface area contributed by atoms with Gasteiger partial charge < -0.3 is 14.4 Å². The van der Waals surface area contributed by atoms with Crippen molar-refractivity contribution in [3.05, 3.63) is 47.5 Å². The van der Waals surface area contributed by atoms with Gasteiger partial charge in [0.15, 0.2) is 11.5 Å². The summed E-state index contributed by atoms with van der Waals surface area (Å²) in [6.07, 6.45) is 3.44. The highest BCUT2D eigenvalue weighted by atomic mass is 19.1. The number of rotatable bonds is 8. The zero-order valence-corrected chi connectivity index (χ0v) is 18.7. The second-order valence-corrected chi connectivity index (χ2v) is 9.07. The molecule has 0 radical (unpaired) electrons. The number of piperidine rings is 1. The summed E-state index contributed by atoms with van der Waals surface area (Å²) in [5, 5.41) is 0. The Bertz CT molecular complexity index is 816. The molecule has 0 aliphatic carbocycles. The lowest BCUT2D eigenvalue weighted by molar-refractivity contribution is -0.139. The van der Waals surface area contributed by atoms with Crippen LogP contribution in [0.15, 0.2) is 36.1 Å². The lowest BCUT2D eigenvalue weighted by Crippen LogP contribution is -2.44. The van der Waals surface area contributed by atoms with E-state index in [1.54, 1.807) is 18.1 Å². The molecule has 0 unspecified atom stereocenters. The average Bonchev–Trinajstić information content (AvgIpc) is 2.72. The van der Waals surface area contributed by atoms with Gasteiger partial charge in [0.2, 0.25) is 0 Å². The number of carbonyl (C=O) groups is 2. The minimum atomic E-state index is -0.679. The Labute approximate surface area is 184 Å². The number of ether oxygens (including phenoxy) is 2. The molecule has 0 atom stereocenters. The standard InChI is InChI=1S/C24H33FN2O4/c1-24(2)15-20(28)14-22(31-24)23(29)27(12-13-30-3)16-18-8-10-26(11-9-18)17-19-6-4-5-7-21(19)25/h4-7,14,18H,8-13,15-17H2,1-3H3. The van der Waals surface area contributed by atoms with E-state index in [1.807, 2.05) is 26.0 Å². The molecular formula is C24H33FN2O4. The number of ketones is 1. The monoisotopic (exact) mass is 432 g/mol. The second kappa shape index (κ2) is 10.4. The van der Waals surface area contributed by atoms with E-state index in [1.165, 1.54) is 12.1 Å². The van der Waals surface area contributed by atoms with E-state index in [2.05, 4.69) is 4.90 Å². The molecule has 1 aromatic carbocycles. The van der Waals surface area contributed by atoms with Gasteiger partial charge in [0.05, 0.1) is 6.61 Å². The van der Waals surface area contributed by atoms with Gasteiger partial charge in [-0.15, -0.1) is 0 Å².